The minimum atomic E-state index is -2.37. The van der Waals surface area contributed by atoms with Gasteiger partial charge in [0.1, 0.15) is 6.04 Å². The molecule has 0 heterocycles. The molecule has 1 unspecified atom stereocenters. The number of carboxylic acids is 2. The van der Waals surface area contributed by atoms with Gasteiger partial charge in [0.2, 0.25) is 0 Å². The molecule has 0 radical (unpaired) electrons. The number of carbonyl (C=O) groups is 2. The second kappa shape index (κ2) is 5.61. The topological polar surface area (TPSA) is 124 Å². The Morgan fingerprint density at radius 1 is 1.38 bits per heavy atom. The van der Waals surface area contributed by atoms with E-state index < -0.39 is 33.8 Å². The van der Waals surface area contributed by atoms with Gasteiger partial charge in [0, 0.05) is 12.3 Å². The van der Waals surface area contributed by atoms with Crippen LogP contribution < -0.4 is 5.32 Å². The van der Waals surface area contributed by atoms with Crippen molar-refractivity contribution in [3.8, 4) is 0 Å². The quantitative estimate of drug-likeness (QED) is 0.375. The van der Waals surface area contributed by atoms with Crippen LogP contribution in [0.25, 0.3) is 0 Å². The van der Waals surface area contributed by atoms with E-state index in [9.17, 15) is 13.8 Å². The van der Waals surface area contributed by atoms with Gasteiger partial charge in [-0.2, -0.15) is 0 Å². The van der Waals surface area contributed by atoms with Gasteiger partial charge < -0.3 is 20.1 Å². The Bertz CT molecular complexity index is 337. The molecule has 16 heavy (non-hydrogen) atoms. The van der Waals surface area contributed by atoms with Crippen LogP contribution in [0, 0.1) is 0 Å². The molecule has 0 aliphatic rings. The predicted octanol–water partition coefficient (Wildman–Crippen LogP) is -0.372. The summed E-state index contributed by atoms with van der Waals surface area (Å²) in [5, 5.41) is 19.4. The van der Waals surface area contributed by atoms with E-state index in [1.807, 2.05) is 0 Å². The van der Waals surface area contributed by atoms with E-state index in [1.54, 1.807) is 0 Å². The molecular formula is C8H13NO6S. The molecule has 8 heteroatoms. The Kier molecular flexibility index (Phi) is 5.12. The molecule has 0 bridgehead atoms. The third-order valence-electron chi connectivity index (χ3n) is 1.88. The van der Waals surface area contributed by atoms with Crippen molar-refractivity contribution in [1.82, 2.24) is 5.32 Å². The van der Waals surface area contributed by atoms with Gasteiger partial charge in [-0.25, -0.2) is 13.8 Å². The van der Waals surface area contributed by atoms with Crippen LogP contribution in [0.1, 0.15) is 13.8 Å². The summed E-state index contributed by atoms with van der Waals surface area (Å²) in [7, 11) is 0. The van der Waals surface area contributed by atoms with Crippen molar-refractivity contribution in [3.05, 3.63) is 12.3 Å². The Balaban J connectivity index is 4.83. The van der Waals surface area contributed by atoms with Crippen molar-refractivity contribution in [3.63, 3.8) is 0 Å². The average Bonchev–Trinajstić information content (AvgIpc) is 2.10. The highest BCUT2D eigenvalue weighted by Gasteiger charge is 2.39. The van der Waals surface area contributed by atoms with Gasteiger partial charge in [-0.3, -0.25) is 0 Å². The first-order valence-electron chi connectivity index (χ1n) is 4.19. The lowest BCUT2D eigenvalue weighted by Gasteiger charge is -2.27. The summed E-state index contributed by atoms with van der Waals surface area (Å²) in [4.78, 5) is 21.0. The molecule has 0 spiro atoms. The first-order chi connectivity index (χ1) is 7.19. The molecule has 2 atom stereocenters. The van der Waals surface area contributed by atoms with E-state index in [1.165, 1.54) is 13.8 Å². The van der Waals surface area contributed by atoms with Crippen molar-refractivity contribution in [1.29, 1.82) is 0 Å². The Morgan fingerprint density at radius 2 is 1.88 bits per heavy atom. The first-order valence-corrected chi connectivity index (χ1v) is 5.29. The molecule has 7 nitrogen and oxygen atoms in total. The van der Waals surface area contributed by atoms with Gasteiger partial charge >= 0.3 is 11.9 Å². The van der Waals surface area contributed by atoms with Crippen LogP contribution in [0.5, 0.6) is 0 Å². The fourth-order valence-electron chi connectivity index (χ4n) is 0.886. The molecule has 0 aromatic carbocycles. The highest BCUT2D eigenvalue weighted by Crippen LogP contribution is 2.17. The number of hydrogen-bond donors (Lipinski definition) is 4. The van der Waals surface area contributed by atoms with Gasteiger partial charge in [0.25, 0.3) is 0 Å². The maximum Gasteiger partial charge on any atom is 0.329 e. The van der Waals surface area contributed by atoms with Crippen LogP contribution in [0.2, 0.25) is 0 Å². The molecule has 0 saturated heterocycles. The normalized spacial score (nSPS) is 15.7. The summed E-state index contributed by atoms with van der Waals surface area (Å²) in [5.74, 6) is -2.60. The molecule has 92 valence electrons. The third kappa shape index (κ3) is 3.99. The first kappa shape index (κ1) is 14.6. The predicted molar refractivity (Wildman–Crippen MR) is 56.2 cm³/mol. The number of aliphatic carboxylic acids is 2. The highest BCUT2D eigenvalue weighted by molar-refractivity contribution is 7.80. The van der Waals surface area contributed by atoms with Crippen LogP contribution in [0.3, 0.4) is 0 Å². The number of carboxylic acid groups (broad SMARTS) is 2. The summed E-state index contributed by atoms with van der Waals surface area (Å²) in [6.07, 6.45) is 1.61. The van der Waals surface area contributed by atoms with E-state index in [0.29, 0.717) is 6.08 Å². The van der Waals surface area contributed by atoms with Crippen LogP contribution >= 0.6 is 0 Å². The monoisotopic (exact) mass is 251 g/mol. The van der Waals surface area contributed by atoms with Gasteiger partial charge in [0.15, 0.2) is 11.1 Å². The molecule has 0 rings (SSSR count). The lowest BCUT2D eigenvalue weighted by Crippen LogP contribution is -2.52. The van der Waals surface area contributed by atoms with Crippen molar-refractivity contribution >= 4 is 23.0 Å². The van der Waals surface area contributed by atoms with E-state index in [0.717, 1.165) is 6.20 Å². The van der Waals surface area contributed by atoms with E-state index in [2.05, 4.69) is 5.32 Å². The minimum Gasteiger partial charge on any atom is -0.480 e. The minimum absolute atomic E-state index is 0.701. The summed E-state index contributed by atoms with van der Waals surface area (Å²) in [6, 6.07) is -1.37. The summed E-state index contributed by atoms with van der Waals surface area (Å²) >= 11 is -2.37. The molecule has 0 aliphatic carbocycles. The molecule has 0 aromatic heterocycles. The zero-order valence-corrected chi connectivity index (χ0v) is 9.52. The van der Waals surface area contributed by atoms with Crippen LogP contribution in [0.15, 0.2) is 12.3 Å². The second-order valence-corrected chi connectivity index (χ2v) is 5.01. The third-order valence-corrected chi connectivity index (χ3v) is 3.02. The molecule has 0 saturated carbocycles. The van der Waals surface area contributed by atoms with E-state index in [4.69, 9.17) is 14.8 Å². The van der Waals surface area contributed by atoms with Gasteiger partial charge in [0.05, 0.1) is 4.75 Å². The van der Waals surface area contributed by atoms with Crippen LogP contribution in [0.4, 0.5) is 0 Å². The van der Waals surface area contributed by atoms with Crippen molar-refractivity contribution < 1.29 is 28.6 Å². The second-order valence-electron chi connectivity index (χ2n) is 3.46. The molecule has 0 fully saturated rings. The number of rotatable bonds is 6. The lowest BCUT2D eigenvalue weighted by atomic mass is 10.0. The maximum absolute atomic E-state index is 10.9. The summed E-state index contributed by atoms with van der Waals surface area (Å²) in [6.45, 7) is 2.56. The molecule has 0 aliphatic heterocycles. The number of hydrogen-bond acceptors (Lipinski definition) is 4. The van der Waals surface area contributed by atoms with Crippen molar-refractivity contribution in [2.45, 2.75) is 24.6 Å². The standard InChI is InChI=1S/C8H13NO6S/c1-8(2,16(14)15)6(7(12)13)9-4-3-5(10)11/h3-4,6,9H,1-2H3,(H,10,11)(H,12,13)(H,14,15)/b4-3+/t6-/m0/s1. The zero-order valence-electron chi connectivity index (χ0n) is 8.71. The fraction of sp³-hybridized carbons (Fsp3) is 0.500. The smallest absolute Gasteiger partial charge is 0.329 e. The molecular weight excluding hydrogens is 238 g/mol. The van der Waals surface area contributed by atoms with Crippen molar-refractivity contribution in [2.24, 2.45) is 0 Å². The van der Waals surface area contributed by atoms with Crippen molar-refractivity contribution in [2.75, 3.05) is 0 Å². The maximum atomic E-state index is 10.9. The fourth-order valence-corrected chi connectivity index (χ4v) is 1.26. The Labute approximate surface area is 94.4 Å². The number of nitrogens with one attached hydrogen (secondary N) is 1. The SMILES string of the molecule is CC(C)([C@@H](N/C=C/C(=O)O)C(=O)O)S(=O)O. The molecule has 0 amide bonds. The molecule has 0 aromatic rings. The average molecular weight is 251 g/mol. The van der Waals surface area contributed by atoms with Crippen LogP contribution in [-0.4, -0.2) is 41.7 Å². The van der Waals surface area contributed by atoms with Crippen LogP contribution in [-0.2, 0) is 20.7 Å². The summed E-state index contributed by atoms with van der Waals surface area (Å²) < 4.78 is 18.4. The largest absolute Gasteiger partial charge is 0.480 e. The highest BCUT2D eigenvalue weighted by atomic mass is 32.2. The van der Waals surface area contributed by atoms with Gasteiger partial charge in [-0.15, -0.1) is 0 Å². The van der Waals surface area contributed by atoms with Gasteiger partial charge in [-0.1, -0.05) is 0 Å². The van der Waals surface area contributed by atoms with E-state index in [-0.39, 0.29) is 0 Å². The van der Waals surface area contributed by atoms with Gasteiger partial charge in [-0.05, 0) is 13.8 Å². The molecule has 4 N–H and O–H groups in total. The zero-order chi connectivity index (χ0) is 12.9. The Morgan fingerprint density at radius 3 is 2.19 bits per heavy atom. The summed E-state index contributed by atoms with van der Waals surface area (Å²) in [5.41, 5.74) is 0. The Hall–Kier alpha value is -1.41. The van der Waals surface area contributed by atoms with E-state index >= 15 is 0 Å². The lowest BCUT2D eigenvalue weighted by molar-refractivity contribution is -0.140.